The zero-order valence-corrected chi connectivity index (χ0v) is 12.7. The number of fused-ring (bicyclic) bond motifs is 1. The van der Waals surface area contributed by atoms with Gasteiger partial charge in [-0.1, -0.05) is 0 Å². The second-order valence-corrected chi connectivity index (χ2v) is 6.73. The standard InChI is InChI=1S/C16H23N5/c1-13-8-14-18-12-19-21(14)15(9-13)20-7-3-5-16(11-20)4-2-6-17-10-16/h8-9,12,17H,2-7,10-11H2,1H3. The number of nitrogens with zero attached hydrogens (tertiary/aromatic N) is 4. The lowest BCUT2D eigenvalue weighted by Crippen LogP contribution is -2.51. The van der Waals surface area contributed by atoms with Crippen LogP contribution < -0.4 is 10.2 Å². The molecular formula is C16H23N5. The summed E-state index contributed by atoms with van der Waals surface area (Å²) >= 11 is 0. The van der Waals surface area contributed by atoms with E-state index in [0.717, 1.165) is 25.3 Å². The molecule has 4 rings (SSSR count). The van der Waals surface area contributed by atoms with Gasteiger partial charge in [-0.05, 0) is 56.8 Å². The summed E-state index contributed by atoms with van der Waals surface area (Å²) in [5.41, 5.74) is 2.66. The fraction of sp³-hybridized carbons (Fsp3) is 0.625. The first-order valence-electron chi connectivity index (χ1n) is 8.02. The number of aryl methyl sites for hydroxylation is 1. The highest BCUT2D eigenvalue weighted by Crippen LogP contribution is 2.37. The van der Waals surface area contributed by atoms with E-state index in [4.69, 9.17) is 0 Å². The smallest absolute Gasteiger partial charge is 0.157 e. The van der Waals surface area contributed by atoms with Gasteiger partial charge in [0.05, 0.1) is 0 Å². The predicted octanol–water partition coefficient (Wildman–Crippen LogP) is 2.01. The maximum atomic E-state index is 4.42. The normalized spacial score (nSPS) is 26.6. The Morgan fingerprint density at radius 2 is 2.14 bits per heavy atom. The van der Waals surface area contributed by atoms with Gasteiger partial charge >= 0.3 is 0 Å². The summed E-state index contributed by atoms with van der Waals surface area (Å²) in [5.74, 6) is 1.20. The van der Waals surface area contributed by atoms with Crippen molar-refractivity contribution in [3.63, 3.8) is 0 Å². The summed E-state index contributed by atoms with van der Waals surface area (Å²) in [4.78, 5) is 6.87. The maximum Gasteiger partial charge on any atom is 0.157 e. The highest BCUT2D eigenvalue weighted by molar-refractivity contribution is 5.53. The number of anilines is 1. The topological polar surface area (TPSA) is 45.5 Å². The molecule has 2 aromatic heterocycles. The third-order valence-electron chi connectivity index (χ3n) is 5.05. The summed E-state index contributed by atoms with van der Waals surface area (Å²) in [5, 5.41) is 8.02. The number of aromatic nitrogens is 3. The van der Waals surface area contributed by atoms with Crippen LogP contribution in [0.15, 0.2) is 18.5 Å². The van der Waals surface area contributed by atoms with E-state index in [2.05, 4.69) is 39.4 Å². The van der Waals surface area contributed by atoms with E-state index in [1.165, 1.54) is 43.6 Å². The van der Waals surface area contributed by atoms with Crippen molar-refractivity contribution in [3.8, 4) is 0 Å². The van der Waals surface area contributed by atoms with Gasteiger partial charge < -0.3 is 10.2 Å². The number of piperidine rings is 2. The molecule has 5 nitrogen and oxygen atoms in total. The van der Waals surface area contributed by atoms with Crippen molar-refractivity contribution < 1.29 is 0 Å². The molecule has 0 radical (unpaired) electrons. The van der Waals surface area contributed by atoms with Gasteiger partial charge in [-0.25, -0.2) is 4.98 Å². The van der Waals surface area contributed by atoms with Crippen LogP contribution in [0, 0.1) is 12.3 Å². The molecule has 21 heavy (non-hydrogen) atoms. The number of pyridine rings is 1. The molecule has 1 unspecified atom stereocenters. The van der Waals surface area contributed by atoms with Crippen LogP contribution in [0.4, 0.5) is 5.82 Å². The Balaban J connectivity index is 1.69. The largest absolute Gasteiger partial charge is 0.356 e. The van der Waals surface area contributed by atoms with Gasteiger partial charge in [0.1, 0.15) is 12.1 Å². The van der Waals surface area contributed by atoms with Gasteiger partial charge in [0.25, 0.3) is 0 Å². The van der Waals surface area contributed by atoms with Crippen molar-refractivity contribution in [2.45, 2.75) is 32.6 Å². The molecular weight excluding hydrogens is 262 g/mol. The number of hydrogen-bond acceptors (Lipinski definition) is 4. The minimum atomic E-state index is 0.452. The van der Waals surface area contributed by atoms with Crippen molar-refractivity contribution in [2.75, 3.05) is 31.1 Å². The Morgan fingerprint density at radius 1 is 1.24 bits per heavy atom. The highest BCUT2D eigenvalue weighted by atomic mass is 15.4. The van der Waals surface area contributed by atoms with Crippen LogP contribution in [-0.4, -0.2) is 40.8 Å². The van der Waals surface area contributed by atoms with Gasteiger partial charge in [-0.2, -0.15) is 9.61 Å². The minimum Gasteiger partial charge on any atom is -0.356 e. The van der Waals surface area contributed by atoms with Gasteiger partial charge in [0.15, 0.2) is 5.65 Å². The third-order valence-corrected chi connectivity index (χ3v) is 5.05. The third kappa shape index (κ3) is 2.29. The molecule has 1 atom stereocenters. The van der Waals surface area contributed by atoms with Gasteiger partial charge in [-0.3, -0.25) is 0 Å². The Hall–Kier alpha value is -1.62. The molecule has 0 aromatic carbocycles. The highest BCUT2D eigenvalue weighted by Gasteiger charge is 2.37. The average Bonchev–Trinajstić information content (AvgIpc) is 2.95. The number of hydrogen-bond donors (Lipinski definition) is 1. The monoisotopic (exact) mass is 285 g/mol. The van der Waals surface area contributed by atoms with E-state index in [1.54, 1.807) is 6.33 Å². The predicted molar refractivity (Wildman–Crippen MR) is 83.7 cm³/mol. The van der Waals surface area contributed by atoms with E-state index in [9.17, 15) is 0 Å². The van der Waals surface area contributed by atoms with Crippen LogP contribution in [0.25, 0.3) is 5.65 Å². The van der Waals surface area contributed by atoms with Gasteiger partial charge in [0.2, 0.25) is 0 Å². The van der Waals surface area contributed by atoms with Gasteiger partial charge in [0, 0.05) is 25.0 Å². The second kappa shape index (κ2) is 4.98. The lowest BCUT2D eigenvalue weighted by molar-refractivity contribution is 0.172. The molecule has 0 saturated carbocycles. The molecule has 0 aliphatic carbocycles. The molecule has 2 fully saturated rings. The summed E-state index contributed by atoms with van der Waals surface area (Å²) < 4.78 is 1.99. The number of rotatable bonds is 1. The van der Waals surface area contributed by atoms with E-state index in [-0.39, 0.29) is 0 Å². The lowest BCUT2D eigenvalue weighted by Gasteiger charge is -2.46. The van der Waals surface area contributed by atoms with Crippen LogP contribution in [0.2, 0.25) is 0 Å². The van der Waals surface area contributed by atoms with Crippen molar-refractivity contribution in [3.05, 3.63) is 24.0 Å². The fourth-order valence-electron chi connectivity index (χ4n) is 4.04. The van der Waals surface area contributed by atoms with E-state index < -0.39 is 0 Å². The molecule has 5 heteroatoms. The van der Waals surface area contributed by atoms with Crippen LogP contribution in [0.3, 0.4) is 0 Å². The van der Waals surface area contributed by atoms with E-state index >= 15 is 0 Å². The average molecular weight is 285 g/mol. The van der Waals surface area contributed by atoms with E-state index in [1.807, 2.05) is 4.52 Å². The molecule has 0 amide bonds. The van der Waals surface area contributed by atoms with Crippen LogP contribution >= 0.6 is 0 Å². The van der Waals surface area contributed by atoms with Crippen molar-refractivity contribution >= 4 is 11.5 Å². The first kappa shape index (κ1) is 13.1. The first-order chi connectivity index (χ1) is 10.3. The van der Waals surface area contributed by atoms with Crippen molar-refractivity contribution in [1.82, 2.24) is 19.9 Å². The zero-order chi connectivity index (χ0) is 14.3. The van der Waals surface area contributed by atoms with Crippen molar-refractivity contribution in [1.29, 1.82) is 0 Å². The fourth-order valence-corrected chi connectivity index (χ4v) is 4.04. The zero-order valence-electron chi connectivity index (χ0n) is 12.7. The molecule has 2 aliphatic heterocycles. The second-order valence-electron chi connectivity index (χ2n) is 6.73. The maximum absolute atomic E-state index is 4.42. The lowest BCUT2D eigenvalue weighted by atomic mass is 9.74. The molecule has 0 bridgehead atoms. The SMILES string of the molecule is Cc1cc(N2CCCC3(CCCNC3)C2)n2ncnc2c1. The Morgan fingerprint density at radius 3 is 3.00 bits per heavy atom. The molecule has 2 aliphatic rings. The van der Waals surface area contributed by atoms with E-state index in [0.29, 0.717) is 5.41 Å². The minimum absolute atomic E-state index is 0.452. The molecule has 1 N–H and O–H groups in total. The summed E-state index contributed by atoms with van der Waals surface area (Å²) in [6, 6.07) is 4.34. The Labute approximate surface area is 125 Å². The summed E-state index contributed by atoms with van der Waals surface area (Å²) in [6.45, 7) is 6.74. The first-order valence-corrected chi connectivity index (χ1v) is 8.02. The summed E-state index contributed by atoms with van der Waals surface area (Å²) in [6.07, 6.45) is 6.93. The number of nitrogens with one attached hydrogen (secondary N) is 1. The molecule has 4 heterocycles. The summed E-state index contributed by atoms with van der Waals surface area (Å²) in [7, 11) is 0. The van der Waals surface area contributed by atoms with Crippen LogP contribution in [0.1, 0.15) is 31.2 Å². The molecule has 1 spiro atoms. The molecule has 2 aromatic rings. The molecule has 112 valence electrons. The Bertz CT molecular complexity index is 636. The van der Waals surface area contributed by atoms with Crippen LogP contribution in [0.5, 0.6) is 0 Å². The Kier molecular flexibility index (Phi) is 3.10. The molecule has 2 saturated heterocycles. The van der Waals surface area contributed by atoms with Crippen molar-refractivity contribution in [2.24, 2.45) is 5.41 Å². The quantitative estimate of drug-likeness (QED) is 0.870. The van der Waals surface area contributed by atoms with Gasteiger partial charge in [-0.15, -0.1) is 0 Å². The van der Waals surface area contributed by atoms with Crippen LogP contribution in [-0.2, 0) is 0 Å².